The number of hydrogen-bond donors (Lipinski definition) is 0. The third-order valence-electron chi connectivity index (χ3n) is 3.24. The smallest absolute Gasteiger partial charge is 0.203 e. The largest absolute Gasteiger partial charge is 0.324 e. The lowest BCUT2D eigenvalue weighted by Gasteiger charge is -2.21. The van der Waals surface area contributed by atoms with Gasteiger partial charge in [-0.25, -0.2) is 8.42 Å². The molecule has 0 amide bonds. The van der Waals surface area contributed by atoms with Gasteiger partial charge < -0.3 is 4.52 Å². The van der Waals surface area contributed by atoms with Crippen LogP contribution in [0.3, 0.4) is 0 Å². The van der Waals surface area contributed by atoms with Crippen LogP contribution in [-0.4, -0.2) is 38.4 Å². The second-order valence-corrected chi connectivity index (χ2v) is 10.1. The van der Waals surface area contributed by atoms with Crippen LogP contribution < -0.4 is 0 Å². The molecule has 1 fully saturated rings. The Labute approximate surface area is 111 Å². The van der Waals surface area contributed by atoms with Crippen molar-refractivity contribution in [2.75, 3.05) is 23.8 Å². The van der Waals surface area contributed by atoms with E-state index in [1.807, 2.05) is 0 Å². The molecule has 1 saturated heterocycles. The molecule has 0 bridgehead atoms. The van der Waals surface area contributed by atoms with E-state index in [0.29, 0.717) is 18.7 Å². The van der Waals surface area contributed by atoms with Gasteiger partial charge in [-0.3, -0.25) is 4.57 Å². The van der Waals surface area contributed by atoms with Crippen molar-refractivity contribution < 1.29 is 17.5 Å². The van der Waals surface area contributed by atoms with Crippen LogP contribution >= 0.6 is 7.37 Å². The van der Waals surface area contributed by atoms with Crippen LogP contribution in [0, 0.1) is 0 Å². The van der Waals surface area contributed by atoms with E-state index in [1.165, 1.54) is 0 Å². The second kappa shape index (κ2) is 7.06. The molecule has 0 aromatic rings. The molecule has 4 nitrogen and oxygen atoms in total. The third-order valence-corrected chi connectivity index (χ3v) is 7.65. The maximum absolute atomic E-state index is 12.7. The molecular formula is C12H25O4PS. The van der Waals surface area contributed by atoms with E-state index in [0.717, 1.165) is 25.7 Å². The fraction of sp³-hybridized carbons (Fsp3) is 1.00. The van der Waals surface area contributed by atoms with Crippen molar-refractivity contribution in [1.82, 2.24) is 0 Å². The Morgan fingerprint density at radius 2 is 1.72 bits per heavy atom. The minimum absolute atomic E-state index is 0.0508. The molecule has 0 N–H and O–H groups in total. The highest BCUT2D eigenvalue weighted by molar-refractivity contribution is 7.91. The standard InChI is InChI=1S/C12H25O4PS/c1-3-5-8-17(13,9-6-4-2)16-12-7-10-18(14,15)11-12/h12H,3-11H2,1-2H3. The monoisotopic (exact) mass is 296 g/mol. The summed E-state index contributed by atoms with van der Waals surface area (Å²) in [5, 5.41) is 0. The Hall–Kier alpha value is 0.140. The Morgan fingerprint density at radius 1 is 1.17 bits per heavy atom. The highest BCUT2D eigenvalue weighted by atomic mass is 32.2. The summed E-state index contributed by atoms with van der Waals surface area (Å²) in [6.45, 7) is 4.12. The fourth-order valence-corrected chi connectivity index (χ4v) is 6.58. The van der Waals surface area contributed by atoms with Crippen LogP contribution in [-0.2, 0) is 18.9 Å². The average Bonchev–Trinajstić information content (AvgIpc) is 2.63. The molecule has 6 heteroatoms. The van der Waals surface area contributed by atoms with E-state index < -0.39 is 17.2 Å². The van der Waals surface area contributed by atoms with Crippen LogP contribution in [0.25, 0.3) is 0 Å². The van der Waals surface area contributed by atoms with Gasteiger partial charge in [-0.05, 0) is 19.3 Å². The summed E-state index contributed by atoms with van der Waals surface area (Å²) in [6.07, 6.45) is 5.12. The highest BCUT2D eigenvalue weighted by Gasteiger charge is 2.34. The lowest BCUT2D eigenvalue weighted by Crippen LogP contribution is -2.15. The Kier molecular flexibility index (Phi) is 6.36. The first kappa shape index (κ1) is 16.2. The van der Waals surface area contributed by atoms with Gasteiger partial charge in [0.25, 0.3) is 0 Å². The molecule has 0 aliphatic carbocycles. The lowest BCUT2D eigenvalue weighted by atomic mass is 10.3. The molecule has 1 unspecified atom stereocenters. The van der Waals surface area contributed by atoms with Crippen LogP contribution in [0.1, 0.15) is 46.0 Å². The lowest BCUT2D eigenvalue weighted by molar-refractivity contribution is 0.229. The molecule has 108 valence electrons. The second-order valence-electron chi connectivity index (χ2n) is 5.10. The Bertz CT molecular complexity index is 379. The number of rotatable bonds is 8. The van der Waals surface area contributed by atoms with E-state index >= 15 is 0 Å². The Morgan fingerprint density at radius 3 is 2.11 bits per heavy atom. The van der Waals surface area contributed by atoms with E-state index in [2.05, 4.69) is 13.8 Å². The summed E-state index contributed by atoms with van der Waals surface area (Å²) >= 11 is 0. The summed E-state index contributed by atoms with van der Waals surface area (Å²) in [7, 11) is -5.58. The molecule has 0 aromatic heterocycles. The maximum Gasteiger partial charge on any atom is 0.203 e. The first-order valence-corrected chi connectivity index (χ1v) is 10.7. The van der Waals surface area contributed by atoms with E-state index in [1.54, 1.807) is 0 Å². The zero-order valence-electron chi connectivity index (χ0n) is 11.4. The number of sulfone groups is 1. The van der Waals surface area contributed by atoms with E-state index in [4.69, 9.17) is 4.52 Å². The van der Waals surface area contributed by atoms with E-state index in [9.17, 15) is 13.0 Å². The predicted octanol–water partition coefficient (Wildman–Crippen LogP) is 3.07. The average molecular weight is 296 g/mol. The van der Waals surface area contributed by atoms with Gasteiger partial charge >= 0.3 is 0 Å². The van der Waals surface area contributed by atoms with Crippen molar-refractivity contribution in [2.24, 2.45) is 0 Å². The summed E-state index contributed by atoms with van der Waals surface area (Å²) < 4.78 is 41.2. The number of hydrogen-bond acceptors (Lipinski definition) is 4. The minimum atomic E-state index is -2.95. The van der Waals surface area contributed by atoms with Crippen molar-refractivity contribution in [3.05, 3.63) is 0 Å². The van der Waals surface area contributed by atoms with Gasteiger partial charge in [0.2, 0.25) is 7.37 Å². The van der Waals surface area contributed by atoms with Gasteiger partial charge in [0.05, 0.1) is 17.6 Å². The molecule has 0 spiro atoms. The van der Waals surface area contributed by atoms with Gasteiger partial charge in [-0.2, -0.15) is 0 Å². The van der Waals surface area contributed by atoms with Crippen LogP contribution in [0.15, 0.2) is 0 Å². The van der Waals surface area contributed by atoms with Crippen LogP contribution in [0.5, 0.6) is 0 Å². The predicted molar refractivity (Wildman–Crippen MR) is 75.3 cm³/mol. The fourth-order valence-electron chi connectivity index (χ4n) is 2.13. The van der Waals surface area contributed by atoms with Crippen molar-refractivity contribution in [1.29, 1.82) is 0 Å². The van der Waals surface area contributed by atoms with E-state index in [-0.39, 0.29) is 17.6 Å². The molecule has 1 rings (SSSR count). The summed E-state index contributed by atoms with van der Waals surface area (Å²) in [6, 6.07) is 0. The van der Waals surface area contributed by atoms with Gasteiger partial charge in [-0.15, -0.1) is 0 Å². The zero-order chi connectivity index (χ0) is 13.6. The van der Waals surface area contributed by atoms with Crippen molar-refractivity contribution >= 4 is 17.2 Å². The summed E-state index contributed by atoms with van der Waals surface area (Å²) in [4.78, 5) is 0. The maximum atomic E-state index is 12.7. The molecule has 1 atom stereocenters. The third kappa shape index (κ3) is 5.41. The molecule has 0 radical (unpaired) electrons. The zero-order valence-corrected chi connectivity index (χ0v) is 13.1. The minimum Gasteiger partial charge on any atom is -0.324 e. The first-order valence-electron chi connectivity index (χ1n) is 6.87. The van der Waals surface area contributed by atoms with Crippen molar-refractivity contribution in [3.63, 3.8) is 0 Å². The molecule has 0 saturated carbocycles. The van der Waals surface area contributed by atoms with Gasteiger partial charge in [0.15, 0.2) is 9.84 Å². The quantitative estimate of drug-likeness (QED) is 0.646. The Balaban J connectivity index is 2.58. The highest BCUT2D eigenvalue weighted by Crippen LogP contribution is 2.50. The molecule has 18 heavy (non-hydrogen) atoms. The van der Waals surface area contributed by atoms with Crippen molar-refractivity contribution in [2.45, 2.75) is 52.1 Å². The van der Waals surface area contributed by atoms with Gasteiger partial charge in [0.1, 0.15) is 0 Å². The molecular weight excluding hydrogens is 271 g/mol. The topological polar surface area (TPSA) is 60.4 Å². The molecule has 1 heterocycles. The number of unbranched alkanes of at least 4 members (excludes halogenated alkanes) is 2. The van der Waals surface area contributed by atoms with Gasteiger partial charge in [-0.1, -0.05) is 26.7 Å². The van der Waals surface area contributed by atoms with Crippen LogP contribution in [0.2, 0.25) is 0 Å². The normalized spacial score (nSPS) is 23.3. The SMILES string of the molecule is CCCCP(=O)(CCCC)OC1CCS(=O)(=O)C1. The van der Waals surface area contributed by atoms with Crippen LogP contribution in [0.4, 0.5) is 0 Å². The molecule has 1 aliphatic heterocycles. The van der Waals surface area contributed by atoms with Gasteiger partial charge in [0, 0.05) is 12.3 Å². The van der Waals surface area contributed by atoms with Crippen molar-refractivity contribution in [3.8, 4) is 0 Å². The first-order chi connectivity index (χ1) is 8.41. The summed E-state index contributed by atoms with van der Waals surface area (Å²) in [5.41, 5.74) is 0. The molecule has 1 aliphatic rings. The summed E-state index contributed by atoms with van der Waals surface area (Å²) in [5.74, 6) is 0.231. The molecule has 0 aromatic carbocycles.